The number of esters is 1. The summed E-state index contributed by atoms with van der Waals surface area (Å²) in [7, 11) is 1.55. The molecule has 1 aromatic heterocycles. The van der Waals surface area contributed by atoms with E-state index >= 15 is 0 Å². The minimum absolute atomic E-state index is 0.0818. The molecule has 0 aliphatic carbocycles. The van der Waals surface area contributed by atoms with E-state index < -0.39 is 12.0 Å². The molecule has 0 unspecified atom stereocenters. The molecule has 0 fully saturated rings. The molecule has 0 saturated heterocycles. The van der Waals surface area contributed by atoms with Gasteiger partial charge in [0.25, 0.3) is 5.56 Å². The lowest BCUT2D eigenvalue weighted by Gasteiger charge is -2.25. The van der Waals surface area contributed by atoms with E-state index in [1.54, 1.807) is 49.8 Å². The summed E-state index contributed by atoms with van der Waals surface area (Å²) in [6.07, 6.45) is 1.75. The predicted octanol–water partition coefficient (Wildman–Crippen LogP) is 6.20. The van der Waals surface area contributed by atoms with Gasteiger partial charge in [-0.3, -0.25) is 9.36 Å². The summed E-state index contributed by atoms with van der Waals surface area (Å²) in [5.74, 6) is 1.08. The summed E-state index contributed by atoms with van der Waals surface area (Å²) in [5.41, 5.74) is 3.30. The molecule has 0 saturated carbocycles. The highest BCUT2D eigenvalue weighted by atomic mass is 32.1. The Bertz CT molecular complexity index is 2310. The summed E-state index contributed by atoms with van der Waals surface area (Å²) in [6, 6.07) is 25.7. The highest BCUT2D eigenvalue weighted by molar-refractivity contribution is 7.07. The monoisotopic (exact) mass is 673 g/mol. The van der Waals surface area contributed by atoms with Crippen molar-refractivity contribution in [1.82, 2.24) is 4.57 Å². The largest absolute Gasteiger partial charge is 0.493 e. The number of methoxy groups -OCH3 is 1. The van der Waals surface area contributed by atoms with Crippen LogP contribution in [0.5, 0.6) is 17.2 Å². The number of aromatic nitrogens is 1. The van der Waals surface area contributed by atoms with E-state index in [-0.39, 0.29) is 30.5 Å². The van der Waals surface area contributed by atoms with Gasteiger partial charge < -0.3 is 18.9 Å². The molecular weight excluding hydrogens is 639 g/mol. The molecule has 1 atom stereocenters. The Balaban J connectivity index is 1.51. The molecule has 49 heavy (non-hydrogen) atoms. The normalized spacial score (nSPS) is 14.3. The van der Waals surface area contributed by atoms with Crippen LogP contribution >= 0.6 is 11.3 Å². The van der Waals surface area contributed by atoms with Crippen LogP contribution in [0.4, 0.5) is 0 Å². The Morgan fingerprint density at radius 3 is 2.51 bits per heavy atom. The third-order valence-electron chi connectivity index (χ3n) is 8.07. The lowest BCUT2D eigenvalue weighted by molar-refractivity contribution is -0.139. The maximum absolute atomic E-state index is 14.5. The molecule has 0 spiro atoms. The number of nitriles is 1. The summed E-state index contributed by atoms with van der Waals surface area (Å²) in [4.78, 5) is 33.1. The molecular formula is C39H35N3O6S. The number of allylic oxidation sites excluding steroid dienone is 1. The van der Waals surface area contributed by atoms with Crippen LogP contribution in [0.1, 0.15) is 56.0 Å². The van der Waals surface area contributed by atoms with Crippen molar-refractivity contribution in [2.45, 2.75) is 46.4 Å². The summed E-state index contributed by atoms with van der Waals surface area (Å²) in [6.45, 7) is 7.79. The standard InChI is InChI=1S/C39H35N3O6S/c1-6-46-38(44)35-24(4)41-39-42(36(35)28-16-18-32(48-23(2)3)33(19-28)45-5)37(43)34(49-39)20-30-29-10-8-7-9-27(29)15-17-31(30)47-22-26-13-11-25(21-40)12-14-26/h7-20,23,36H,6,22H2,1-5H3/b34-20+/t36-/m1/s1. The van der Waals surface area contributed by atoms with Gasteiger partial charge in [-0.2, -0.15) is 5.26 Å². The molecule has 248 valence electrons. The van der Waals surface area contributed by atoms with Crippen LogP contribution < -0.4 is 29.1 Å². The molecule has 0 N–H and O–H groups in total. The van der Waals surface area contributed by atoms with Crippen LogP contribution in [0.25, 0.3) is 16.8 Å². The summed E-state index contributed by atoms with van der Waals surface area (Å²) in [5, 5.41) is 11.1. The zero-order valence-electron chi connectivity index (χ0n) is 27.9. The fraction of sp³-hybridized carbons (Fsp3) is 0.231. The lowest BCUT2D eigenvalue weighted by Crippen LogP contribution is -2.40. The zero-order valence-corrected chi connectivity index (χ0v) is 28.7. The quantitative estimate of drug-likeness (QED) is 0.162. The van der Waals surface area contributed by atoms with E-state index in [9.17, 15) is 9.59 Å². The molecule has 6 rings (SSSR count). The van der Waals surface area contributed by atoms with Crippen molar-refractivity contribution in [2.75, 3.05) is 13.7 Å². The van der Waals surface area contributed by atoms with E-state index in [4.69, 9.17) is 29.2 Å². The smallest absolute Gasteiger partial charge is 0.338 e. The Kier molecular flexibility index (Phi) is 9.65. The van der Waals surface area contributed by atoms with Crippen molar-refractivity contribution in [3.8, 4) is 23.3 Å². The number of benzene rings is 4. The van der Waals surface area contributed by atoms with Crippen molar-refractivity contribution in [3.63, 3.8) is 0 Å². The lowest BCUT2D eigenvalue weighted by atomic mass is 9.95. The molecule has 0 amide bonds. The number of fused-ring (bicyclic) bond motifs is 2. The summed E-state index contributed by atoms with van der Waals surface area (Å²) >= 11 is 1.24. The van der Waals surface area contributed by atoms with Gasteiger partial charge in [0, 0.05) is 5.56 Å². The third kappa shape index (κ3) is 6.71. The number of nitrogens with zero attached hydrogens (tertiary/aromatic N) is 3. The van der Waals surface area contributed by atoms with E-state index in [2.05, 4.69) is 6.07 Å². The number of hydrogen-bond acceptors (Lipinski definition) is 9. The van der Waals surface area contributed by atoms with Crippen LogP contribution in [0.3, 0.4) is 0 Å². The topological polar surface area (TPSA) is 112 Å². The van der Waals surface area contributed by atoms with Crippen molar-refractivity contribution in [3.05, 3.63) is 132 Å². The first-order valence-electron chi connectivity index (χ1n) is 15.9. The number of thiazole rings is 1. The maximum Gasteiger partial charge on any atom is 0.338 e. The summed E-state index contributed by atoms with van der Waals surface area (Å²) < 4.78 is 25.4. The van der Waals surface area contributed by atoms with Gasteiger partial charge >= 0.3 is 5.97 Å². The van der Waals surface area contributed by atoms with Gasteiger partial charge in [-0.1, -0.05) is 59.9 Å². The number of carbonyl (C=O) groups excluding carboxylic acids is 1. The second kappa shape index (κ2) is 14.2. The van der Waals surface area contributed by atoms with Gasteiger partial charge in [-0.25, -0.2) is 9.79 Å². The average molecular weight is 674 g/mol. The first-order valence-corrected chi connectivity index (χ1v) is 16.7. The van der Waals surface area contributed by atoms with Crippen molar-refractivity contribution >= 4 is 34.2 Å². The molecule has 4 aromatic carbocycles. The van der Waals surface area contributed by atoms with E-state index in [1.165, 1.54) is 11.3 Å². The molecule has 0 radical (unpaired) electrons. The van der Waals surface area contributed by atoms with Crippen LogP contribution in [-0.4, -0.2) is 30.4 Å². The SMILES string of the molecule is CCOC(=O)C1=C(C)N=c2s/c(=C/c3c(OCc4ccc(C#N)cc4)ccc4ccccc34)c(=O)n2[C@@H]1c1ccc(OC(C)C)c(OC)c1. The zero-order chi connectivity index (χ0) is 34.7. The van der Waals surface area contributed by atoms with Crippen molar-refractivity contribution in [2.24, 2.45) is 4.99 Å². The second-order valence-electron chi connectivity index (χ2n) is 11.7. The highest BCUT2D eigenvalue weighted by Gasteiger charge is 2.34. The van der Waals surface area contributed by atoms with Gasteiger partial charge in [0.1, 0.15) is 12.4 Å². The molecule has 9 nitrogen and oxygen atoms in total. The first-order chi connectivity index (χ1) is 23.7. The fourth-order valence-electron chi connectivity index (χ4n) is 5.83. The second-order valence-corrected chi connectivity index (χ2v) is 12.7. The Hall–Kier alpha value is -5.66. The van der Waals surface area contributed by atoms with Gasteiger partial charge in [0.15, 0.2) is 16.3 Å². The number of carbonyl (C=O) groups is 1. The minimum Gasteiger partial charge on any atom is -0.493 e. The van der Waals surface area contributed by atoms with E-state index in [0.717, 1.165) is 21.9 Å². The highest BCUT2D eigenvalue weighted by Crippen LogP contribution is 2.37. The minimum atomic E-state index is -0.820. The van der Waals surface area contributed by atoms with Gasteiger partial charge in [-0.05, 0) is 86.0 Å². The van der Waals surface area contributed by atoms with Crippen LogP contribution in [0.2, 0.25) is 0 Å². The molecule has 5 aromatic rings. The molecule has 2 heterocycles. The number of ether oxygens (including phenoxy) is 4. The Morgan fingerprint density at radius 2 is 1.80 bits per heavy atom. The van der Waals surface area contributed by atoms with E-state index in [0.29, 0.717) is 43.4 Å². The number of hydrogen-bond donors (Lipinski definition) is 0. The van der Waals surface area contributed by atoms with Crippen LogP contribution in [0, 0.1) is 11.3 Å². The van der Waals surface area contributed by atoms with E-state index in [1.807, 2.05) is 74.5 Å². The van der Waals surface area contributed by atoms with Crippen LogP contribution in [0.15, 0.2) is 99.9 Å². The van der Waals surface area contributed by atoms with Crippen molar-refractivity contribution < 1.29 is 23.7 Å². The van der Waals surface area contributed by atoms with Crippen molar-refractivity contribution in [1.29, 1.82) is 5.26 Å². The van der Waals surface area contributed by atoms with Gasteiger partial charge in [0.05, 0.1) is 53.3 Å². The number of rotatable bonds is 10. The fourth-order valence-corrected chi connectivity index (χ4v) is 6.86. The Labute approximate surface area is 287 Å². The third-order valence-corrected chi connectivity index (χ3v) is 9.05. The molecule has 1 aliphatic rings. The molecule has 0 bridgehead atoms. The molecule has 1 aliphatic heterocycles. The molecule has 10 heteroatoms. The van der Waals surface area contributed by atoms with Gasteiger partial charge in [-0.15, -0.1) is 0 Å². The van der Waals surface area contributed by atoms with Gasteiger partial charge in [0.2, 0.25) is 0 Å². The van der Waals surface area contributed by atoms with Crippen LogP contribution in [-0.2, 0) is 16.1 Å². The maximum atomic E-state index is 14.5. The average Bonchev–Trinajstić information content (AvgIpc) is 3.41. The predicted molar refractivity (Wildman–Crippen MR) is 189 cm³/mol. The Morgan fingerprint density at radius 1 is 1.04 bits per heavy atom. The first kappa shape index (κ1) is 33.2.